The predicted octanol–water partition coefficient (Wildman–Crippen LogP) is -3.26. The summed E-state index contributed by atoms with van der Waals surface area (Å²) in [6, 6.07) is -1.43. The number of hydrogen-bond donors (Lipinski definition) is 5. The van der Waals surface area contributed by atoms with E-state index in [9.17, 15) is 10.2 Å². The van der Waals surface area contributed by atoms with Crippen molar-refractivity contribution < 1.29 is 26.5 Å². The molecule has 0 radical (unpaired) electrons. The van der Waals surface area contributed by atoms with Crippen molar-refractivity contribution in [2.45, 2.75) is 30.6 Å². The van der Waals surface area contributed by atoms with Crippen LogP contribution in [0, 0.1) is 0 Å². The van der Waals surface area contributed by atoms with Crippen LogP contribution in [0.3, 0.4) is 0 Å². The molecule has 6 heteroatoms. The highest BCUT2D eigenvalue weighted by Gasteiger charge is 2.41. The summed E-state index contributed by atoms with van der Waals surface area (Å²) in [4.78, 5) is 0. The van der Waals surface area contributed by atoms with Crippen molar-refractivity contribution >= 4 is 0 Å². The molecule has 12 heavy (non-hydrogen) atoms. The molecule has 0 aromatic heterocycles. The van der Waals surface area contributed by atoms with Gasteiger partial charge in [0.1, 0.15) is 18.3 Å². The fourth-order valence-electron chi connectivity index (χ4n) is 1.03. The van der Waals surface area contributed by atoms with Crippen molar-refractivity contribution in [2.75, 3.05) is 6.61 Å². The monoisotopic (exact) mass is 180 g/mol. The Kier molecular flexibility index (Phi) is 2.54. The van der Waals surface area contributed by atoms with Gasteiger partial charge in [0.15, 0.2) is 6.27 Å². The minimum Gasteiger partial charge on any atom is -0.394 e. The van der Waals surface area contributed by atoms with Crippen LogP contribution in [0.5, 0.6) is 0 Å². The fourth-order valence-corrected chi connectivity index (χ4v) is 1.03. The molecule has 5 atom stereocenters. The van der Waals surface area contributed by atoms with Crippen molar-refractivity contribution in [1.29, 1.82) is 0 Å². The lowest BCUT2D eigenvalue weighted by Crippen LogP contribution is -2.61. The second-order valence-electron chi connectivity index (χ2n) is 2.68. The Hall–Kier alpha value is -0.240. The molecule has 0 aromatic rings. The van der Waals surface area contributed by atoms with Crippen molar-refractivity contribution in [2.24, 2.45) is 5.73 Å². The Morgan fingerprint density at radius 2 is 1.92 bits per heavy atom. The van der Waals surface area contributed by atoms with Crippen LogP contribution in [0.25, 0.3) is 0 Å². The largest absolute Gasteiger partial charge is 0.394 e. The molecular formula is C6H13NO5. The van der Waals surface area contributed by atoms with Crippen molar-refractivity contribution in [3.8, 4) is 0 Å². The van der Waals surface area contributed by atoms with E-state index >= 15 is 0 Å². The predicted molar refractivity (Wildman–Crippen MR) is 38.0 cm³/mol. The minimum atomic E-state index is -2.48. The topological polar surface area (TPSA) is 116 Å². The highest BCUT2D eigenvalue weighted by atomic mass is 16.6. The van der Waals surface area contributed by atoms with Crippen LogP contribution in [-0.2, 0) is 4.74 Å². The first-order valence-electron chi connectivity index (χ1n) is 4.03. The zero-order valence-corrected chi connectivity index (χ0v) is 6.29. The minimum absolute atomic E-state index is 0.605. The number of aliphatic hydroxyl groups is 4. The molecule has 0 spiro atoms. The third-order valence-electron chi connectivity index (χ3n) is 1.84. The van der Waals surface area contributed by atoms with Crippen molar-refractivity contribution in [3.63, 3.8) is 0 Å². The van der Waals surface area contributed by atoms with Crippen LogP contribution in [0.4, 0.5) is 0 Å². The maximum atomic E-state index is 9.24. The van der Waals surface area contributed by atoms with E-state index in [4.69, 9.17) is 17.3 Å². The van der Waals surface area contributed by atoms with E-state index in [1.54, 1.807) is 0 Å². The Labute approximate surface area is 70.6 Å². The highest BCUT2D eigenvalue weighted by molar-refractivity contribution is 4.90. The molecule has 0 bridgehead atoms. The van der Waals surface area contributed by atoms with E-state index in [2.05, 4.69) is 4.74 Å². The van der Waals surface area contributed by atoms with Crippen LogP contribution in [0.2, 0.25) is 0 Å². The van der Waals surface area contributed by atoms with Crippen LogP contribution in [0.1, 0.15) is 1.37 Å². The lowest BCUT2D eigenvalue weighted by atomic mass is 9.98. The zero-order chi connectivity index (χ0) is 10.2. The molecular weight excluding hydrogens is 166 g/mol. The quantitative estimate of drug-likeness (QED) is 0.289. The summed E-state index contributed by atoms with van der Waals surface area (Å²) < 4.78 is 11.7. The third kappa shape index (κ3) is 1.58. The molecule has 1 heterocycles. The lowest BCUT2D eigenvalue weighted by molar-refractivity contribution is -0.248. The van der Waals surface area contributed by atoms with Gasteiger partial charge in [-0.1, -0.05) is 0 Å². The van der Waals surface area contributed by atoms with E-state index in [-0.39, 0.29) is 0 Å². The maximum absolute atomic E-state index is 9.24. The van der Waals surface area contributed by atoms with Gasteiger partial charge in [-0.15, -0.1) is 0 Å². The summed E-state index contributed by atoms with van der Waals surface area (Å²) in [5.41, 5.74) is 5.21. The Morgan fingerprint density at radius 3 is 2.42 bits per heavy atom. The molecule has 72 valence electrons. The molecule has 0 saturated carbocycles. The molecule has 1 rings (SSSR count). The van der Waals surface area contributed by atoms with Gasteiger partial charge >= 0.3 is 0 Å². The van der Waals surface area contributed by atoms with Crippen molar-refractivity contribution in [3.05, 3.63) is 0 Å². The number of ether oxygens (including phenoxy) is 1. The van der Waals surface area contributed by atoms with Crippen LogP contribution in [-0.4, -0.2) is 57.7 Å². The molecule has 0 unspecified atom stereocenters. The van der Waals surface area contributed by atoms with Gasteiger partial charge in [0.2, 0.25) is 0 Å². The highest BCUT2D eigenvalue weighted by Crippen LogP contribution is 2.17. The zero-order valence-electron chi connectivity index (χ0n) is 7.29. The van der Waals surface area contributed by atoms with E-state index in [0.717, 1.165) is 0 Å². The van der Waals surface area contributed by atoms with Gasteiger partial charge < -0.3 is 30.9 Å². The standard InChI is InChI=1S/C6H13NO5/c7-3-5(10)4(9)2(1-8)12-6(3)11/h2-6,8-11H,1,7H2/t2-,3-,4-,5-,6+/m1/s1/i6D. The molecule has 1 aliphatic rings. The average Bonchev–Trinajstić information content (AvgIpc) is 2.08. The summed E-state index contributed by atoms with van der Waals surface area (Å²) in [5, 5.41) is 36.3. The molecule has 0 aromatic carbocycles. The van der Waals surface area contributed by atoms with Gasteiger partial charge in [-0.25, -0.2) is 0 Å². The van der Waals surface area contributed by atoms with Crippen LogP contribution in [0.15, 0.2) is 0 Å². The second kappa shape index (κ2) is 3.65. The normalized spacial score (nSPS) is 56.6. The van der Waals surface area contributed by atoms with Crippen LogP contribution >= 0.6 is 0 Å². The molecule has 1 fully saturated rings. The fraction of sp³-hybridized carbons (Fsp3) is 1.00. The lowest BCUT2D eigenvalue weighted by Gasteiger charge is -2.38. The maximum Gasteiger partial charge on any atom is 0.173 e. The van der Waals surface area contributed by atoms with E-state index < -0.39 is 37.2 Å². The van der Waals surface area contributed by atoms with Gasteiger partial charge in [-0.05, 0) is 0 Å². The SMILES string of the molecule is [2H][C@]1(O)O[C@H](CO)[C@@H](O)[C@H](O)[C@H]1N. The van der Waals surface area contributed by atoms with E-state index in [1.165, 1.54) is 0 Å². The summed E-state index contributed by atoms with van der Waals surface area (Å²) in [6.07, 6.45) is -6.57. The Bertz CT molecular complexity index is 188. The first-order valence-corrected chi connectivity index (χ1v) is 3.53. The number of hydrogen-bond acceptors (Lipinski definition) is 6. The summed E-state index contributed by atoms with van der Waals surface area (Å²) >= 11 is 0. The molecule has 6 nitrogen and oxygen atoms in total. The Morgan fingerprint density at radius 1 is 1.33 bits per heavy atom. The summed E-state index contributed by atoms with van der Waals surface area (Å²) in [5.74, 6) is 0. The van der Waals surface area contributed by atoms with Gasteiger partial charge in [0.05, 0.1) is 14.0 Å². The third-order valence-corrected chi connectivity index (χ3v) is 1.84. The smallest absolute Gasteiger partial charge is 0.173 e. The molecule has 1 saturated heterocycles. The average molecular weight is 180 g/mol. The molecule has 0 aliphatic carbocycles. The summed E-state index contributed by atoms with van der Waals surface area (Å²) in [6.45, 7) is -0.605. The van der Waals surface area contributed by atoms with Gasteiger partial charge in [0, 0.05) is 0 Å². The van der Waals surface area contributed by atoms with Gasteiger partial charge in [0.25, 0.3) is 0 Å². The number of aliphatic hydroxyl groups excluding tert-OH is 3. The van der Waals surface area contributed by atoms with E-state index in [0.29, 0.717) is 0 Å². The Balaban J connectivity index is 2.79. The van der Waals surface area contributed by atoms with Gasteiger partial charge in [-0.2, -0.15) is 0 Å². The second-order valence-corrected chi connectivity index (χ2v) is 2.68. The van der Waals surface area contributed by atoms with Crippen LogP contribution < -0.4 is 5.73 Å². The molecule has 6 N–H and O–H groups in total. The molecule has 0 amide bonds. The summed E-state index contributed by atoms with van der Waals surface area (Å²) in [7, 11) is 0. The van der Waals surface area contributed by atoms with E-state index in [1.807, 2.05) is 0 Å². The van der Waals surface area contributed by atoms with Gasteiger partial charge in [-0.3, -0.25) is 0 Å². The first kappa shape index (κ1) is 8.36. The number of rotatable bonds is 1. The first-order chi connectivity index (χ1) is 5.90. The van der Waals surface area contributed by atoms with Crippen molar-refractivity contribution in [1.82, 2.24) is 0 Å². The number of nitrogens with two attached hydrogens (primary N) is 1. The molecule has 1 aliphatic heterocycles.